The molecule has 3 rings (SSSR count). The van der Waals surface area contributed by atoms with Gasteiger partial charge in [0.05, 0.1) is 15.5 Å². The summed E-state index contributed by atoms with van der Waals surface area (Å²) in [6.45, 7) is 2.78. The quantitative estimate of drug-likeness (QED) is 0.427. The molecule has 130 valence electrons. The molecule has 0 atom stereocenters. The lowest BCUT2D eigenvalue weighted by Gasteiger charge is -2.19. The van der Waals surface area contributed by atoms with Crippen molar-refractivity contribution in [1.82, 2.24) is 4.90 Å². The van der Waals surface area contributed by atoms with Gasteiger partial charge in [-0.15, -0.1) is 0 Å². The number of nitriles is 1. The average molecular weight is 363 g/mol. The van der Waals surface area contributed by atoms with Gasteiger partial charge in [0.1, 0.15) is 6.07 Å². The predicted octanol–water partition coefficient (Wildman–Crippen LogP) is 4.94. The highest BCUT2D eigenvalue weighted by Crippen LogP contribution is 2.40. The molecule has 0 bridgehead atoms. The Kier molecular flexibility index (Phi) is 5.40. The number of thioether (sulfide) groups is 1. The van der Waals surface area contributed by atoms with Gasteiger partial charge in [-0.3, -0.25) is 10.1 Å². The molecule has 2 aromatic rings. The van der Waals surface area contributed by atoms with Crippen molar-refractivity contribution < 1.29 is 4.92 Å². The van der Waals surface area contributed by atoms with E-state index in [9.17, 15) is 15.4 Å². The summed E-state index contributed by atoms with van der Waals surface area (Å²) in [4.78, 5) is 13.6. The van der Waals surface area contributed by atoms with E-state index in [1.54, 1.807) is 23.9 Å². The molecule has 0 radical (unpaired) electrons. The van der Waals surface area contributed by atoms with Crippen LogP contribution >= 0.6 is 11.8 Å². The largest absolute Gasteiger partial charge is 0.340 e. The number of rotatable bonds is 5. The molecule has 0 amide bonds. The number of nitrogens with zero attached hydrogens (tertiary/aromatic N) is 3. The van der Waals surface area contributed by atoms with Crippen molar-refractivity contribution in [3.8, 4) is 6.07 Å². The fourth-order valence-electron chi connectivity index (χ4n) is 2.76. The van der Waals surface area contributed by atoms with E-state index in [0.717, 1.165) is 22.9 Å². The van der Waals surface area contributed by atoms with Crippen LogP contribution in [0.3, 0.4) is 0 Å². The molecule has 2 aromatic carbocycles. The van der Waals surface area contributed by atoms with E-state index < -0.39 is 4.92 Å². The maximum atomic E-state index is 10.8. The van der Waals surface area contributed by atoms with Gasteiger partial charge in [0.2, 0.25) is 0 Å². The summed E-state index contributed by atoms with van der Waals surface area (Å²) in [6.07, 6.45) is 2.92. The minimum atomic E-state index is -0.439. The van der Waals surface area contributed by atoms with Gasteiger partial charge in [-0.2, -0.15) is 5.26 Å². The summed E-state index contributed by atoms with van der Waals surface area (Å²) in [6, 6.07) is 18.6. The first-order valence-electron chi connectivity index (χ1n) is 8.14. The van der Waals surface area contributed by atoms with Gasteiger partial charge in [0, 0.05) is 29.8 Å². The summed E-state index contributed by atoms with van der Waals surface area (Å²) in [5.41, 5.74) is 2.48. The first kappa shape index (κ1) is 17.8. The zero-order valence-electron chi connectivity index (χ0n) is 14.3. The standard InChI is InChI=1S/C20H17N3O2S/c1-15-14-22(12-11-16-5-3-2-4-6-16)20(26-15)19(13-21)17-7-9-18(10-8-17)23(24)25/h2-10,14H,11-12H2,1H3/b20-19-. The van der Waals surface area contributed by atoms with Crippen molar-refractivity contribution in [3.63, 3.8) is 0 Å². The van der Waals surface area contributed by atoms with Gasteiger partial charge in [0.25, 0.3) is 5.69 Å². The smallest absolute Gasteiger partial charge is 0.269 e. The Morgan fingerprint density at radius 1 is 1.19 bits per heavy atom. The van der Waals surface area contributed by atoms with Crippen LogP contribution in [0.2, 0.25) is 0 Å². The number of allylic oxidation sites excluding steroid dienone is 2. The molecule has 0 fully saturated rings. The van der Waals surface area contributed by atoms with Crippen LogP contribution in [0, 0.1) is 21.4 Å². The van der Waals surface area contributed by atoms with E-state index in [1.807, 2.05) is 31.3 Å². The van der Waals surface area contributed by atoms with Gasteiger partial charge in [-0.1, -0.05) is 42.1 Å². The maximum Gasteiger partial charge on any atom is 0.269 e. The molecule has 1 aliphatic heterocycles. The predicted molar refractivity (Wildman–Crippen MR) is 104 cm³/mol. The van der Waals surface area contributed by atoms with Crippen molar-refractivity contribution in [2.75, 3.05) is 6.54 Å². The lowest BCUT2D eigenvalue weighted by Crippen LogP contribution is -2.16. The third kappa shape index (κ3) is 3.95. The van der Waals surface area contributed by atoms with Crippen LogP contribution in [0.5, 0.6) is 0 Å². The zero-order chi connectivity index (χ0) is 18.5. The van der Waals surface area contributed by atoms with Crippen LogP contribution < -0.4 is 0 Å². The minimum absolute atomic E-state index is 0.0188. The third-order valence-corrected chi connectivity index (χ3v) is 5.09. The van der Waals surface area contributed by atoms with Gasteiger partial charge in [-0.05, 0) is 36.6 Å². The van der Waals surface area contributed by atoms with Crippen molar-refractivity contribution >= 4 is 23.0 Å². The van der Waals surface area contributed by atoms with Crippen molar-refractivity contribution in [1.29, 1.82) is 5.26 Å². The number of hydrogen-bond acceptors (Lipinski definition) is 5. The summed E-state index contributed by atoms with van der Waals surface area (Å²) in [5, 5.41) is 21.4. The van der Waals surface area contributed by atoms with Gasteiger partial charge in [0.15, 0.2) is 0 Å². The molecular weight excluding hydrogens is 346 g/mol. The molecule has 0 aromatic heterocycles. The van der Waals surface area contributed by atoms with E-state index in [4.69, 9.17) is 0 Å². The SMILES string of the molecule is CC1=CN(CCc2ccccc2)/C(=C(\C#N)c2ccc([N+](=O)[O-])cc2)S1. The van der Waals surface area contributed by atoms with Crippen LogP contribution in [0.1, 0.15) is 18.1 Å². The van der Waals surface area contributed by atoms with Crippen LogP contribution in [0.15, 0.2) is 70.7 Å². The first-order valence-corrected chi connectivity index (χ1v) is 8.96. The fraction of sp³-hybridized carbons (Fsp3) is 0.150. The number of nitro benzene ring substituents is 1. The molecule has 0 unspecified atom stereocenters. The third-order valence-electron chi connectivity index (χ3n) is 4.03. The van der Waals surface area contributed by atoms with Crippen LogP contribution in [0.4, 0.5) is 5.69 Å². The Morgan fingerprint density at radius 3 is 2.50 bits per heavy atom. The van der Waals surface area contributed by atoms with Gasteiger partial charge < -0.3 is 4.90 Å². The van der Waals surface area contributed by atoms with Crippen LogP contribution in [-0.4, -0.2) is 16.4 Å². The Balaban J connectivity index is 1.87. The number of benzene rings is 2. The lowest BCUT2D eigenvalue weighted by molar-refractivity contribution is -0.384. The van der Waals surface area contributed by atoms with Crippen molar-refractivity contribution in [3.05, 3.63) is 92.0 Å². The summed E-state index contributed by atoms with van der Waals surface area (Å²) in [7, 11) is 0. The molecule has 0 aliphatic carbocycles. The number of hydrogen-bond donors (Lipinski definition) is 0. The average Bonchev–Trinajstić information content (AvgIpc) is 3.02. The first-order chi connectivity index (χ1) is 12.6. The molecule has 5 nitrogen and oxygen atoms in total. The van der Waals surface area contributed by atoms with Crippen molar-refractivity contribution in [2.24, 2.45) is 0 Å². The van der Waals surface area contributed by atoms with Gasteiger partial charge in [-0.25, -0.2) is 0 Å². The van der Waals surface area contributed by atoms with Crippen LogP contribution in [0.25, 0.3) is 5.57 Å². The van der Waals surface area contributed by atoms with E-state index in [-0.39, 0.29) is 5.69 Å². The Labute approximate surface area is 156 Å². The van der Waals surface area contributed by atoms with E-state index in [0.29, 0.717) is 11.1 Å². The topological polar surface area (TPSA) is 70.2 Å². The van der Waals surface area contributed by atoms with E-state index in [2.05, 4.69) is 23.1 Å². The maximum absolute atomic E-state index is 10.8. The summed E-state index contributed by atoms with van der Waals surface area (Å²) >= 11 is 1.56. The molecule has 0 saturated heterocycles. The van der Waals surface area contributed by atoms with E-state index in [1.165, 1.54) is 17.7 Å². The Hall–Kier alpha value is -3.04. The normalized spacial score (nSPS) is 15.4. The fourth-order valence-corrected chi connectivity index (χ4v) is 3.77. The molecule has 0 saturated carbocycles. The lowest BCUT2D eigenvalue weighted by atomic mass is 10.1. The monoisotopic (exact) mass is 363 g/mol. The number of nitro groups is 1. The summed E-state index contributed by atoms with van der Waals surface area (Å²) in [5.74, 6) is 0. The molecule has 1 heterocycles. The van der Waals surface area contributed by atoms with Gasteiger partial charge >= 0.3 is 0 Å². The highest BCUT2D eigenvalue weighted by atomic mass is 32.2. The molecular formula is C20H17N3O2S. The highest BCUT2D eigenvalue weighted by molar-refractivity contribution is 8.07. The minimum Gasteiger partial charge on any atom is -0.340 e. The van der Waals surface area contributed by atoms with Crippen molar-refractivity contribution in [2.45, 2.75) is 13.3 Å². The van der Waals surface area contributed by atoms with Crippen LogP contribution in [-0.2, 0) is 6.42 Å². The second-order valence-electron chi connectivity index (χ2n) is 5.87. The highest BCUT2D eigenvalue weighted by Gasteiger charge is 2.22. The Bertz CT molecular complexity index is 912. The molecule has 6 heteroatoms. The van der Waals surface area contributed by atoms with E-state index >= 15 is 0 Å². The molecule has 26 heavy (non-hydrogen) atoms. The molecule has 1 aliphatic rings. The molecule has 0 spiro atoms. The number of non-ortho nitro benzene ring substituents is 1. The molecule has 0 N–H and O–H groups in total. The second kappa shape index (κ2) is 7.89. The summed E-state index contributed by atoms with van der Waals surface area (Å²) < 4.78 is 0. The second-order valence-corrected chi connectivity index (χ2v) is 7.10. The Morgan fingerprint density at radius 2 is 1.88 bits per heavy atom. The zero-order valence-corrected chi connectivity index (χ0v) is 15.1.